The van der Waals surface area contributed by atoms with Crippen molar-refractivity contribution in [3.05, 3.63) is 70.5 Å². The molecule has 0 atom stereocenters. The summed E-state index contributed by atoms with van der Waals surface area (Å²) in [7, 11) is 0. The van der Waals surface area contributed by atoms with Crippen LogP contribution in [0.5, 0.6) is 5.75 Å². The summed E-state index contributed by atoms with van der Waals surface area (Å²) in [5, 5.41) is 0. The van der Waals surface area contributed by atoms with Gasteiger partial charge in [0.05, 0.1) is 0 Å². The highest BCUT2D eigenvalue weighted by Crippen LogP contribution is 2.22. The van der Waals surface area contributed by atoms with Gasteiger partial charge in [-0.1, -0.05) is 40.2 Å². The van der Waals surface area contributed by atoms with E-state index in [2.05, 4.69) is 20.9 Å². The lowest BCUT2D eigenvalue weighted by Crippen LogP contribution is -2.13. The van der Waals surface area contributed by atoms with Gasteiger partial charge in [0.2, 0.25) is 5.89 Å². The third-order valence-electron chi connectivity index (χ3n) is 3.39. The van der Waals surface area contributed by atoms with E-state index in [9.17, 15) is 4.79 Å². The highest BCUT2D eigenvalue weighted by molar-refractivity contribution is 9.10. The van der Waals surface area contributed by atoms with Gasteiger partial charge in [-0.15, -0.1) is 0 Å². The molecule has 1 heterocycles. The average Bonchev–Trinajstić information content (AvgIpc) is 3.01. The van der Waals surface area contributed by atoms with Crippen LogP contribution in [0, 0.1) is 6.92 Å². The van der Waals surface area contributed by atoms with Crippen LogP contribution in [0.2, 0.25) is 0 Å². The molecule has 0 saturated heterocycles. The summed E-state index contributed by atoms with van der Waals surface area (Å²) in [5.41, 5.74) is 0.990. The molecule has 128 valence electrons. The first-order chi connectivity index (χ1) is 12.1. The number of nitrogens with zero attached hydrogens (tertiary/aromatic N) is 1. The van der Waals surface area contributed by atoms with Crippen LogP contribution in [0.15, 0.2) is 63.5 Å². The Morgan fingerprint density at radius 1 is 1.12 bits per heavy atom. The Morgan fingerprint density at radius 3 is 2.68 bits per heavy atom. The fourth-order valence-electron chi connectivity index (χ4n) is 2.21. The maximum absolute atomic E-state index is 12.2. The molecule has 25 heavy (non-hydrogen) atoms. The summed E-state index contributed by atoms with van der Waals surface area (Å²) in [4.78, 5) is 16.4. The van der Waals surface area contributed by atoms with Crippen molar-refractivity contribution in [1.82, 2.24) is 4.98 Å². The molecule has 0 radical (unpaired) electrons. The maximum atomic E-state index is 12.2. The van der Waals surface area contributed by atoms with Crippen molar-refractivity contribution in [2.75, 3.05) is 13.2 Å². The first-order valence-electron chi connectivity index (χ1n) is 7.72. The van der Waals surface area contributed by atoms with Crippen LogP contribution in [-0.2, 0) is 4.74 Å². The van der Waals surface area contributed by atoms with Crippen LogP contribution < -0.4 is 4.74 Å². The fraction of sp³-hybridized carbons (Fsp3) is 0.158. The average molecular weight is 402 g/mol. The number of carbonyl (C=O) groups is 1. The molecular weight excluding hydrogens is 386 g/mol. The zero-order valence-electron chi connectivity index (χ0n) is 13.6. The summed E-state index contributed by atoms with van der Waals surface area (Å²) in [6.07, 6.45) is 0. The van der Waals surface area contributed by atoms with Gasteiger partial charge in [-0.05, 0) is 37.3 Å². The Morgan fingerprint density at radius 2 is 1.92 bits per heavy atom. The van der Waals surface area contributed by atoms with E-state index in [4.69, 9.17) is 13.9 Å². The number of halogens is 1. The minimum absolute atomic E-state index is 0.123. The minimum atomic E-state index is -0.527. The van der Waals surface area contributed by atoms with Crippen molar-refractivity contribution in [2.24, 2.45) is 0 Å². The number of aryl methyl sites for hydroxylation is 1. The normalized spacial score (nSPS) is 10.5. The molecule has 0 aliphatic carbocycles. The summed E-state index contributed by atoms with van der Waals surface area (Å²) in [5.74, 6) is 1.00. The van der Waals surface area contributed by atoms with E-state index in [1.807, 2.05) is 54.6 Å². The lowest BCUT2D eigenvalue weighted by molar-refractivity contribution is 0.0442. The van der Waals surface area contributed by atoms with E-state index in [0.29, 0.717) is 17.4 Å². The van der Waals surface area contributed by atoms with Gasteiger partial charge in [0.1, 0.15) is 24.7 Å². The maximum Gasteiger partial charge on any atom is 0.360 e. The molecule has 6 heteroatoms. The Balaban J connectivity index is 1.56. The molecule has 0 aliphatic rings. The number of aromatic nitrogens is 1. The Bertz CT molecular complexity index is 861. The highest BCUT2D eigenvalue weighted by atomic mass is 79.9. The second kappa shape index (κ2) is 7.98. The number of hydrogen-bond acceptors (Lipinski definition) is 5. The Hall–Kier alpha value is -2.60. The van der Waals surface area contributed by atoms with Crippen molar-refractivity contribution in [2.45, 2.75) is 6.92 Å². The molecule has 5 nitrogen and oxygen atoms in total. The molecule has 0 N–H and O–H groups in total. The van der Waals surface area contributed by atoms with Gasteiger partial charge in [-0.25, -0.2) is 9.78 Å². The minimum Gasteiger partial charge on any atom is -0.490 e. The standard InChI is InChI=1S/C19H16BrNO4/c1-13-17(21-18(25-13)14-6-3-2-4-7-14)19(22)24-11-10-23-16-9-5-8-15(20)12-16/h2-9,12H,10-11H2,1H3. The second-order valence-corrected chi connectivity index (χ2v) is 6.15. The van der Waals surface area contributed by atoms with Crippen LogP contribution in [0.4, 0.5) is 0 Å². The number of hydrogen-bond donors (Lipinski definition) is 0. The molecule has 0 bridgehead atoms. The van der Waals surface area contributed by atoms with Crippen molar-refractivity contribution in [3.63, 3.8) is 0 Å². The van der Waals surface area contributed by atoms with Crippen molar-refractivity contribution in [3.8, 4) is 17.2 Å². The van der Waals surface area contributed by atoms with E-state index in [1.165, 1.54) is 0 Å². The van der Waals surface area contributed by atoms with Crippen molar-refractivity contribution in [1.29, 1.82) is 0 Å². The summed E-state index contributed by atoms with van der Waals surface area (Å²) in [6, 6.07) is 16.9. The van der Waals surface area contributed by atoms with Crippen LogP contribution in [-0.4, -0.2) is 24.2 Å². The fourth-order valence-corrected chi connectivity index (χ4v) is 2.59. The van der Waals surface area contributed by atoms with E-state index in [1.54, 1.807) is 6.92 Å². The molecule has 2 aromatic carbocycles. The number of esters is 1. The molecule has 3 aromatic rings. The topological polar surface area (TPSA) is 61.6 Å². The third-order valence-corrected chi connectivity index (χ3v) is 3.89. The van der Waals surface area contributed by atoms with Gasteiger partial charge < -0.3 is 13.9 Å². The van der Waals surface area contributed by atoms with E-state index in [-0.39, 0.29) is 18.9 Å². The van der Waals surface area contributed by atoms with Crippen LogP contribution in [0.25, 0.3) is 11.5 Å². The number of rotatable bonds is 6. The summed E-state index contributed by atoms with van der Waals surface area (Å²) < 4.78 is 17.2. The van der Waals surface area contributed by atoms with Crippen LogP contribution >= 0.6 is 15.9 Å². The smallest absolute Gasteiger partial charge is 0.360 e. The molecule has 0 fully saturated rings. The molecule has 0 saturated carbocycles. The number of oxazole rings is 1. The second-order valence-electron chi connectivity index (χ2n) is 5.23. The first kappa shape index (κ1) is 17.2. The Kier molecular flexibility index (Phi) is 5.50. The zero-order valence-corrected chi connectivity index (χ0v) is 15.2. The van der Waals surface area contributed by atoms with Gasteiger partial charge in [-0.3, -0.25) is 0 Å². The van der Waals surface area contributed by atoms with Crippen molar-refractivity contribution < 1.29 is 18.7 Å². The van der Waals surface area contributed by atoms with Gasteiger partial charge in [0.25, 0.3) is 0 Å². The SMILES string of the molecule is Cc1oc(-c2ccccc2)nc1C(=O)OCCOc1cccc(Br)c1. The molecule has 1 aromatic heterocycles. The number of benzene rings is 2. The highest BCUT2D eigenvalue weighted by Gasteiger charge is 2.19. The largest absolute Gasteiger partial charge is 0.490 e. The monoisotopic (exact) mass is 401 g/mol. The molecular formula is C19H16BrNO4. The lowest BCUT2D eigenvalue weighted by atomic mass is 10.2. The van der Waals surface area contributed by atoms with Gasteiger partial charge >= 0.3 is 5.97 Å². The van der Waals surface area contributed by atoms with Crippen LogP contribution in [0.1, 0.15) is 16.2 Å². The molecule has 0 unspecified atom stereocenters. The van der Waals surface area contributed by atoms with Gasteiger partial charge in [-0.2, -0.15) is 0 Å². The quantitative estimate of drug-likeness (QED) is 0.444. The molecule has 0 aliphatic heterocycles. The van der Waals surface area contributed by atoms with Crippen LogP contribution in [0.3, 0.4) is 0 Å². The van der Waals surface area contributed by atoms with Gasteiger partial charge in [0.15, 0.2) is 5.69 Å². The third kappa shape index (κ3) is 4.48. The van der Waals surface area contributed by atoms with E-state index < -0.39 is 5.97 Å². The predicted octanol–water partition coefficient (Wildman–Crippen LogP) is 4.65. The van der Waals surface area contributed by atoms with Crippen molar-refractivity contribution >= 4 is 21.9 Å². The summed E-state index contributed by atoms with van der Waals surface area (Å²) in [6.45, 7) is 2.07. The number of carbonyl (C=O) groups excluding carboxylic acids is 1. The Labute approximate surface area is 153 Å². The van der Waals surface area contributed by atoms with E-state index >= 15 is 0 Å². The number of ether oxygens (including phenoxy) is 2. The zero-order chi connectivity index (χ0) is 17.6. The molecule has 0 amide bonds. The summed E-state index contributed by atoms with van der Waals surface area (Å²) >= 11 is 3.37. The molecule has 3 rings (SSSR count). The molecule has 0 spiro atoms. The van der Waals surface area contributed by atoms with E-state index in [0.717, 1.165) is 10.0 Å². The predicted molar refractivity (Wildman–Crippen MR) is 96.6 cm³/mol. The lowest BCUT2D eigenvalue weighted by Gasteiger charge is -2.07. The first-order valence-corrected chi connectivity index (χ1v) is 8.51. The van der Waals surface area contributed by atoms with Gasteiger partial charge in [0, 0.05) is 10.0 Å².